The van der Waals surface area contributed by atoms with Crippen LogP contribution in [0.2, 0.25) is 0 Å². The smallest absolute Gasteiger partial charge is 0.189 e. The Morgan fingerprint density at radius 2 is 1.50 bits per heavy atom. The van der Waals surface area contributed by atoms with Crippen molar-refractivity contribution >= 4 is 15.9 Å². The summed E-state index contributed by atoms with van der Waals surface area (Å²) >= 11 is 3.49. The minimum atomic E-state index is 0.313. The normalized spacial score (nSPS) is 11.1. The van der Waals surface area contributed by atoms with Gasteiger partial charge in [0.2, 0.25) is 0 Å². The minimum absolute atomic E-state index is 0.313. The summed E-state index contributed by atoms with van der Waals surface area (Å²) < 4.78 is 11.4. The fraction of sp³-hybridized carbons (Fsp3) is 0.429. The Morgan fingerprint density at radius 3 is 2.04 bits per heavy atom. The number of hydrogen-bond acceptors (Lipinski definition) is 2. The van der Waals surface area contributed by atoms with Gasteiger partial charge in [0.15, 0.2) is 6.79 Å². The first-order chi connectivity index (χ1) is 11.5. The Balaban J connectivity index is 2.02. The Morgan fingerprint density at radius 1 is 0.917 bits per heavy atom. The zero-order chi connectivity index (χ0) is 17.5. The van der Waals surface area contributed by atoms with Gasteiger partial charge in [-0.05, 0) is 54.0 Å². The van der Waals surface area contributed by atoms with Crippen molar-refractivity contribution in [2.24, 2.45) is 5.92 Å². The first-order valence-electron chi connectivity index (χ1n) is 8.44. The third-order valence-electron chi connectivity index (χ3n) is 3.84. The molecule has 0 spiro atoms. The standard InChI is InChI=1S/C21H27BrO2/c1-15(2)13-23-14-24-21-16(3)9-20(10-17(21)4)11-18-5-7-19(12-22)8-6-18/h5-10,15H,11-14H2,1-4H3. The van der Waals surface area contributed by atoms with Gasteiger partial charge in [0, 0.05) is 5.33 Å². The molecule has 2 nitrogen and oxygen atoms in total. The van der Waals surface area contributed by atoms with Crippen LogP contribution >= 0.6 is 15.9 Å². The van der Waals surface area contributed by atoms with Gasteiger partial charge < -0.3 is 9.47 Å². The highest BCUT2D eigenvalue weighted by molar-refractivity contribution is 9.08. The first-order valence-corrected chi connectivity index (χ1v) is 9.56. The van der Waals surface area contributed by atoms with Crippen molar-refractivity contribution in [3.05, 3.63) is 64.2 Å². The predicted molar refractivity (Wildman–Crippen MR) is 104 cm³/mol. The molecule has 130 valence electrons. The van der Waals surface area contributed by atoms with E-state index < -0.39 is 0 Å². The van der Waals surface area contributed by atoms with Gasteiger partial charge >= 0.3 is 0 Å². The third-order valence-corrected chi connectivity index (χ3v) is 4.49. The van der Waals surface area contributed by atoms with Crippen LogP contribution in [0.1, 0.15) is 41.7 Å². The quantitative estimate of drug-likeness (QED) is 0.322. The SMILES string of the molecule is Cc1cc(Cc2ccc(CBr)cc2)cc(C)c1OCOCC(C)C. The molecule has 2 aromatic carbocycles. The molecule has 0 aromatic heterocycles. The van der Waals surface area contributed by atoms with Crippen molar-refractivity contribution in [3.63, 3.8) is 0 Å². The second-order valence-corrected chi connectivity index (χ2v) is 7.27. The fourth-order valence-electron chi connectivity index (χ4n) is 2.74. The summed E-state index contributed by atoms with van der Waals surface area (Å²) in [6.07, 6.45) is 0.939. The molecule has 0 unspecified atom stereocenters. The van der Waals surface area contributed by atoms with E-state index in [0.29, 0.717) is 12.7 Å². The summed E-state index contributed by atoms with van der Waals surface area (Å²) in [5.74, 6) is 1.46. The molecule has 0 atom stereocenters. The molecule has 0 N–H and O–H groups in total. The molecule has 0 amide bonds. The van der Waals surface area contributed by atoms with E-state index in [0.717, 1.165) is 35.2 Å². The molecule has 0 radical (unpaired) electrons. The van der Waals surface area contributed by atoms with E-state index in [1.165, 1.54) is 16.7 Å². The van der Waals surface area contributed by atoms with Gasteiger partial charge in [0.05, 0.1) is 6.61 Å². The van der Waals surface area contributed by atoms with Crippen LogP contribution in [0.3, 0.4) is 0 Å². The van der Waals surface area contributed by atoms with Crippen molar-refractivity contribution in [1.82, 2.24) is 0 Å². The number of hydrogen-bond donors (Lipinski definition) is 0. The highest BCUT2D eigenvalue weighted by Gasteiger charge is 2.08. The predicted octanol–water partition coefficient (Wildman–Crippen LogP) is 5.80. The lowest BCUT2D eigenvalue weighted by Gasteiger charge is -2.15. The zero-order valence-electron chi connectivity index (χ0n) is 15.1. The fourth-order valence-corrected chi connectivity index (χ4v) is 3.11. The molecule has 0 fully saturated rings. The molecular formula is C21H27BrO2. The summed E-state index contributed by atoms with van der Waals surface area (Å²) in [5.41, 5.74) is 6.26. The largest absolute Gasteiger partial charge is 0.467 e. The lowest BCUT2D eigenvalue weighted by Crippen LogP contribution is -2.09. The third kappa shape index (κ3) is 5.64. The number of alkyl halides is 1. The zero-order valence-corrected chi connectivity index (χ0v) is 16.7. The summed E-state index contributed by atoms with van der Waals surface area (Å²) in [6.45, 7) is 9.50. The lowest BCUT2D eigenvalue weighted by atomic mass is 9.99. The molecule has 0 bridgehead atoms. The number of ether oxygens (including phenoxy) is 2. The van der Waals surface area contributed by atoms with E-state index in [1.807, 2.05) is 0 Å². The molecular weight excluding hydrogens is 364 g/mol. The highest BCUT2D eigenvalue weighted by atomic mass is 79.9. The molecule has 0 aliphatic carbocycles. The van der Waals surface area contributed by atoms with Gasteiger partial charge in [-0.3, -0.25) is 0 Å². The van der Waals surface area contributed by atoms with E-state index in [-0.39, 0.29) is 0 Å². The second-order valence-electron chi connectivity index (χ2n) is 6.71. The first kappa shape index (κ1) is 19.0. The summed E-state index contributed by atoms with van der Waals surface area (Å²) in [4.78, 5) is 0. The number of rotatable bonds is 8. The maximum absolute atomic E-state index is 5.83. The molecule has 0 aliphatic heterocycles. The van der Waals surface area contributed by atoms with Crippen LogP contribution in [-0.2, 0) is 16.5 Å². The maximum atomic E-state index is 5.83. The van der Waals surface area contributed by atoms with Crippen molar-refractivity contribution < 1.29 is 9.47 Å². The summed E-state index contributed by atoms with van der Waals surface area (Å²) in [6, 6.07) is 13.2. The molecule has 0 aliphatic rings. The average molecular weight is 391 g/mol. The number of halogens is 1. The van der Waals surface area contributed by atoms with Crippen molar-refractivity contribution in [3.8, 4) is 5.75 Å². The van der Waals surface area contributed by atoms with Crippen LogP contribution < -0.4 is 4.74 Å². The lowest BCUT2D eigenvalue weighted by molar-refractivity contribution is 0.00202. The topological polar surface area (TPSA) is 18.5 Å². The van der Waals surface area contributed by atoms with Crippen LogP contribution in [0.4, 0.5) is 0 Å². The Kier molecular flexibility index (Phi) is 7.32. The van der Waals surface area contributed by atoms with Crippen molar-refractivity contribution in [2.45, 2.75) is 39.4 Å². The van der Waals surface area contributed by atoms with E-state index >= 15 is 0 Å². The van der Waals surface area contributed by atoms with Gasteiger partial charge in [-0.1, -0.05) is 66.2 Å². The van der Waals surface area contributed by atoms with Crippen molar-refractivity contribution in [1.29, 1.82) is 0 Å². The average Bonchev–Trinajstić information content (AvgIpc) is 2.54. The Bertz CT molecular complexity index is 624. The van der Waals surface area contributed by atoms with Gasteiger partial charge in [0.1, 0.15) is 5.75 Å². The van der Waals surface area contributed by atoms with E-state index in [4.69, 9.17) is 9.47 Å². The van der Waals surface area contributed by atoms with Crippen molar-refractivity contribution in [2.75, 3.05) is 13.4 Å². The molecule has 24 heavy (non-hydrogen) atoms. The van der Waals surface area contributed by atoms with Gasteiger partial charge in [-0.25, -0.2) is 0 Å². The molecule has 0 saturated heterocycles. The van der Waals surface area contributed by atoms with E-state index in [1.54, 1.807) is 0 Å². The van der Waals surface area contributed by atoms with E-state index in [9.17, 15) is 0 Å². The monoisotopic (exact) mass is 390 g/mol. The van der Waals surface area contributed by atoms with Gasteiger partial charge in [-0.15, -0.1) is 0 Å². The van der Waals surface area contributed by atoms with Crippen LogP contribution in [0.5, 0.6) is 5.75 Å². The summed E-state index contributed by atoms with van der Waals surface area (Å²) in [7, 11) is 0. The number of benzene rings is 2. The van der Waals surface area contributed by atoms with Gasteiger partial charge in [0.25, 0.3) is 0 Å². The molecule has 0 saturated carbocycles. The molecule has 2 aromatic rings. The van der Waals surface area contributed by atoms with E-state index in [2.05, 4.69) is 80.0 Å². The highest BCUT2D eigenvalue weighted by Crippen LogP contribution is 2.26. The number of aryl methyl sites for hydroxylation is 2. The van der Waals surface area contributed by atoms with Crippen LogP contribution in [0.25, 0.3) is 0 Å². The van der Waals surface area contributed by atoms with Crippen LogP contribution in [0, 0.1) is 19.8 Å². The van der Waals surface area contributed by atoms with Gasteiger partial charge in [-0.2, -0.15) is 0 Å². The molecule has 0 heterocycles. The van der Waals surface area contributed by atoms with Crippen LogP contribution in [0.15, 0.2) is 36.4 Å². The molecule has 2 rings (SSSR count). The second kappa shape index (κ2) is 9.24. The molecule has 3 heteroatoms. The maximum Gasteiger partial charge on any atom is 0.189 e. The Hall–Kier alpha value is -1.32. The summed E-state index contributed by atoms with van der Waals surface area (Å²) in [5, 5.41) is 0.899. The van der Waals surface area contributed by atoms with Crippen LogP contribution in [-0.4, -0.2) is 13.4 Å². The minimum Gasteiger partial charge on any atom is -0.467 e. The Labute approximate surface area is 154 Å².